The molecule has 3 rings (SSSR count). The van der Waals surface area contributed by atoms with E-state index < -0.39 is 5.82 Å². The Morgan fingerprint density at radius 2 is 1.92 bits per heavy atom. The largest absolute Gasteiger partial charge is 0.490 e. The van der Waals surface area contributed by atoms with Crippen molar-refractivity contribution in [1.29, 1.82) is 0 Å². The van der Waals surface area contributed by atoms with Crippen LogP contribution < -0.4 is 15.2 Å². The van der Waals surface area contributed by atoms with Crippen LogP contribution in [0.4, 0.5) is 8.78 Å². The van der Waals surface area contributed by atoms with Crippen LogP contribution in [-0.2, 0) is 6.42 Å². The first kappa shape index (κ1) is 19.2. The van der Waals surface area contributed by atoms with E-state index >= 15 is 0 Å². The summed E-state index contributed by atoms with van der Waals surface area (Å²) in [5, 5.41) is 0. The Bertz CT molecular complexity index is 747. The Kier molecular flexibility index (Phi) is 6.01. The second kappa shape index (κ2) is 7.83. The number of hydrogen-bond donors (Lipinski definition) is 1. The lowest BCUT2D eigenvalue weighted by atomic mass is 9.95. The first-order valence-electron chi connectivity index (χ1n) is 8.13. The normalized spacial score (nSPS) is 16.0. The molecular weight excluding hydrogens is 324 g/mol. The minimum Gasteiger partial charge on any atom is -0.490 e. The molecule has 0 bridgehead atoms. The summed E-state index contributed by atoms with van der Waals surface area (Å²) in [4.78, 5) is 0. The predicted molar refractivity (Wildman–Crippen MR) is 96.1 cm³/mol. The molecule has 0 saturated carbocycles. The molecule has 0 amide bonds. The van der Waals surface area contributed by atoms with E-state index in [-0.39, 0.29) is 25.5 Å². The van der Waals surface area contributed by atoms with Crippen molar-refractivity contribution >= 4 is 0 Å². The Labute approximate surface area is 147 Å². The van der Waals surface area contributed by atoms with Crippen LogP contribution in [0.3, 0.4) is 0 Å². The first-order chi connectivity index (χ1) is 11.5. The number of rotatable bonds is 4. The monoisotopic (exact) mass is 349 g/mol. The zero-order valence-corrected chi connectivity index (χ0v) is 13.8. The topological polar surface area (TPSA) is 44.5 Å². The van der Waals surface area contributed by atoms with Crippen molar-refractivity contribution in [3.63, 3.8) is 0 Å². The minimum atomic E-state index is -0.402. The number of fused-ring (bicyclic) bond motifs is 1. The third kappa shape index (κ3) is 4.10. The van der Waals surface area contributed by atoms with Crippen molar-refractivity contribution < 1.29 is 18.3 Å². The molecule has 1 heterocycles. The Balaban J connectivity index is 0.00000225. The SMILES string of the molecule is C.CC(C)Oc1cc(F)ccc1-c1cc(F)cc2c1O[C@@H](CN)CC2. The maximum atomic E-state index is 14.1. The second-order valence-electron chi connectivity index (χ2n) is 6.26. The predicted octanol–water partition coefficient (Wildman–Crippen LogP) is 4.71. The second-order valence-corrected chi connectivity index (χ2v) is 6.26. The Morgan fingerprint density at radius 1 is 1.16 bits per heavy atom. The molecule has 2 N–H and O–H groups in total. The van der Waals surface area contributed by atoms with Crippen molar-refractivity contribution in [3.8, 4) is 22.6 Å². The van der Waals surface area contributed by atoms with Crippen molar-refractivity contribution in [2.24, 2.45) is 5.73 Å². The molecule has 0 aromatic heterocycles. The highest BCUT2D eigenvalue weighted by Crippen LogP contribution is 2.42. The highest BCUT2D eigenvalue weighted by atomic mass is 19.1. The number of halogens is 2. The third-order valence-corrected chi connectivity index (χ3v) is 4.01. The van der Waals surface area contributed by atoms with Gasteiger partial charge in [-0.15, -0.1) is 0 Å². The highest BCUT2D eigenvalue weighted by molar-refractivity contribution is 5.77. The molecule has 136 valence electrons. The average molecular weight is 349 g/mol. The molecule has 0 saturated heterocycles. The van der Waals surface area contributed by atoms with E-state index in [1.165, 1.54) is 24.3 Å². The van der Waals surface area contributed by atoms with E-state index in [4.69, 9.17) is 15.2 Å². The van der Waals surface area contributed by atoms with Crippen molar-refractivity contribution in [3.05, 3.63) is 47.5 Å². The maximum absolute atomic E-state index is 14.1. The average Bonchev–Trinajstić information content (AvgIpc) is 2.53. The van der Waals surface area contributed by atoms with E-state index in [1.54, 1.807) is 6.07 Å². The van der Waals surface area contributed by atoms with Crippen LogP contribution in [0.15, 0.2) is 30.3 Å². The van der Waals surface area contributed by atoms with Gasteiger partial charge in [0, 0.05) is 23.7 Å². The lowest BCUT2D eigenvalue weighted by Gasteiger charge is -2.28. The van der Waals surface area contributed by atoms with Gasteiger partial charge in [0.05, 0.1) is 6.10 Å². The van der Waals surface area contributed by atoms with Gasteiger partial charge in [0.25, 0.3) is 0 Å². The summed E-state index contributed by atoms with van der Waals surface area (Å²) in [5.41, 5.74) is 7.70. The van der Waals surface area contributed by atoms with Crippen LogP contribution in [0, 0.1) is 11.6 Å². The number of hydrogen-bond acceptors (Lipinski definition) is 3. The molecule has 0 fully saturated rings. The lowest BCUT2D eigenvalue weighted by molar-refractivity contribution is 0.181. The van der Waals surface area contributed by atoms with E-state index in [9.17, 15) is 8.78 Å². The van der Waals surface area contributed by atoms with Gasteiger partial charge >= 0.3 is 0 Å². The summed E-state index contributed by atoms with van der Waals surface area (Å²) >= 11 is 0. The summed E-state index contributed by atoms with van der Waals surface area (Å²) in [7, 11) is 0. The molecule has 2 aromatic carbocycles. The van der Waals surface area contributed by atoms with Crippen LogP contribution >= 0.6 is 0 Å². The lowest BCUT2D eigenvalue weighted by Crippen LogP contribution is -2.30. The molecule has 1 aliphatic rings. The molecule has 0 unspecified atom stereocenters. The third-order valence-electron chi connectivity index (χ3n) is 4.01. The molecule has 25 heavy (non-hydrogen) atoms. The minimum absolute atomic E-state index is 0. The Hall–Kier alpha value is -2.14. The van der Waals surface area contributed by atoms with Gasteiger partial charge in [-0.05, 0) is 56.5 Å². The number of benzene rings is 2. The number of aryl methyl sites for hydroxylation is 1. The van der Waals surface area contributed by atoms with E-state index in [2.05, 4.69) is 0 Å². The summed E-state index contributed by atoms with van der Waals surface area (Å²) in [6.07, 6.45) is 1.22. The van der Waals surface area contributed by atoms with Gasteiger partial charge in [0.15, 0.2) is 0 Å². The standard InChI is InChI=1S/C19H21F2NO2.CH4/c1-11(2)23-18-9-13(20)4-6-16(18)17-8-14(21)7-12-3-5-15(10-22)24-19(12)17;/h4,6-9,11,15H,3,5,10,22H2,1-2H3;1H4/t15-;/m1./s1. The van der Waals surface area contributed by atoms with Gasteiger partial charge in [0.2, 0.25) is 0 Å². The van der Waals surface area contributed by atoms with Crippen LogP contribution in [0.5, 0.6) is 11.5 Å². The summed E-state index contributed by atoms with van der Waals surface area (Å²) in [5.74, 6) is 0.230. The fourth-order valence-corrected chi connectivity index (χ4v) is 2.95. The molecule has 0 radical (unpaired) electrons. The van der Waals surface area contributed by atoms with Gasteiger partial charge < -0.3 is 15.2 Å². The molecule has 2 aromatic rings. The van der Waals surface area contributed by atoms with E-state index in [0.717, 1.165) is 12.0 Å². The van der Waals surface area contributed by atoms with Crippen LogP contribution in [0.2, 0.25) is 0 Å². The maximum Gasteiger partial charge on any atom is 0.131 e. The zero-order valence-electron chi connectivity index (χ0n) is 13.8. The molecule has 1 atom stereocenters. The van der Waals surface area contributed by atoms with Gasteiger partial charge in [-0.1, -0.05) is 7.43 Å². The molecular formula is C20H25F2NO2. The van der Waals surface area contributed by atoms with Gasteiger partial charge in [-0.25, -0.2) is 8.78 Å². The fraction of sp³-hybridized carbons (Fsp3) is 0.400. The quantitative estimate of drug-likeness (QED) is 0.869. The zero-order chi connectivity index (χ0) is 17.3. The van der Waals surface area contributed by atoms with Crippen molar-refractivity contribution in [2.45, 2.75) is 46.3 Å². The van der Waals surface area contributed by atoms with Crippen LogP contribution in [0.25, 0.3) is 11.1 Å². The van der Waals surface area contributed by atoms with Crippen molar-refractivity contribution in [2.75, 3.05) is 6.54 Å². The number of nitrogens with two attached hydrogens (primary N) is 1. The molecule has 1 aliphatic heterocycles. The van der Waals surface area contributed by atoms with Gasteiger partial charge in [-0.2, -0.15) is 0 Å². The highest BCUT2D eigenvalue weighted by Gasteiger charge is 2.25. The fourth-order valence-electron chi connectivity index (χ4n) is 2.95. The van der Waals surface area contributed by atoms with E-state index in [0.29, 0.717) is 35.6 Å². The van der Waals surface area contributed by atoms with Crippen LogP contribution in [0.1, 0.15) is 33.3 Å². The first-order valence-corrected chi connectivity index (χ1v) is 8.13. The summed E-state index contributed by atoms with van der Waals surface area (Å²) < 4.78 is 39.4. The van der Waals surface area contributed by atoms with E-state index in [1.807, 2.05) is 13.8 Å². The summed E-state index contributed by atoms with van der Waals surface area (Å²) in [6.45, 7) is 4.11. The van der Waals surface area contributed by atoms with Gasteiger partial charge in [-0.3, -0.25) is 0 Å². The molecule has 0 spiro atoms. The molecule has 5 heteroatoms. The number of ether oxygens (including phenoxy) is 2. The summed E-state index contributed by atoms with van der Waals surface area (Å²) in [6, 6.07) is 7.13. The van der Waals surface area contributed by atoms with Crippen LogP contribution in [-0.4, -0.2) is 18.8 Å². The van der Waals surface area contributed by atoms with Crippen molar-refractivity contribution in [1.82, 2.24) is 0 Å². The smallest absolute Gasteiger partial charge is 0.131 e. The Morgan fingerprint density at radius 3 is 2.60 bits per heavy atom. The molecule has 3 nitrogen and oxygen atoms in total. The van der Waals surface area contributed by atoms with Gasteiger partial charge in [0.1, 0.15) is 29.2 Å². The molecule has 0 aliphatic carbocycles.